The predicted octanol–water partition coefficient (Wildman–Crippen LogP) is 6.56. The topological polar surface area (TPSA) is 64.7 Å². The van der Waals surface area contributed by atoms with Gasteiger partial charge in [0.05, 0.1) is 6.61 Å². The number of rotatable bonds is 6. The Bertz CT molecular complexity index is 1150. The molecule has 0 aliphatic carbocycles. The van der Waals surface area contributed by atoms with Crippen LogP contribution in [-0.2, 0) is 22.5 Å². The number of aliphatic hydroxyl groups excluding tert-OH is 1. The van der Waals surface area contributed by atoms with E-state index in [-0.39, 0.29) is 0 Å². The van der Waals surface area contributed by atoms with Crippen LogP contribution in [0, 0.1) is 6.92 Å². The molecule has 0 unspecified atom stereocenters. The largest absolute Gasteiger partial charge is 0.400 e. The number of nitrogens with zero attached hydrogens (tertiary/aromatic N) is 1. The second kappa shape index (κ2) is 14.1. The van der Waals surface area contributed by atoms with Crippen molar-refractivity contribution in [3.05, 3.63) is 89.5 Å². The summed E-state index contributed by atoms with van der Waals surface area (Å²) in [5.41, 5.74) is 9.00. The van der Waals surface area contributed by atoms with E-state index in [0.717, 1.165) is 41.7 Å². The number of hydrogen-bond donors (Lipinski definition) is 1. The molecule has 0 aliphatic rings. The Balaban J connectivity index is 0.000000758. The van der Waals surface area contributed by atoms with E-state index < -0.39 is 0 Å². The summed E-state index contributed by atoms with van der Waals surface area (Å²) in [5, 5.41) is 11.3. The van der Waals surface area contributed by atoms with Crippen LogP contribution in [0.2, 0.25) is 0 Å². The van der Waals surface area contributed by atoms with Gasteiger partial charge in [-0.15, -0.1) is 0 Å². The molecule has 0 spiro atoms. The molecule has 0 fully saturated rings. The van der Waals surface area contributed by atoms with Gasteiger partial charge in [-0.1, -0.05) is 66.7 Å². The highest BCUT2D eigenvalue weighted by Crippen LogP contribution is 2.33. The number of aliphatic hydroxyl groups is 1. The molecule has 0 saturated carbocycles. The van der Waals surface area contributed by atoms with E-state index in [0.29, 0.717) is 6.61 Å². The number of aromatic nitrogens is 1. The van der Waals surface area contributed by atoms with E-state index in [1.54, 1.807) is 21.3 Å². The molecular weight excluding hydrogens is 426 g/mol. The third kappa shape index (κ3) is 6.87. The molecule has 0 amide bonds. The van der Waals surface area contributed by atoms with E-state index in [4.69, 9.17) is 14.4 Å². The molecule has 34 heavy (non-hydrogen) atoms. The maximum atomic E-state index is 7.00. The van der Waals surface area contributed by atoms with Crippen LogP contribution < -0.4 is 0 Å². The average molecular weight is 462 g/mol. The van der Waals surface area contributed by atoms with Gasteiger partial charge in [0.25, 0.3) is 0 Å². The molecule has 0 radical (unpaired) electrons. The normalized spacial score (nSPS) is 10.1. The van der Waals surface area contributed by atoms with Crippen molar-refractivity contribution >= 4 is 0 Å². The molecule has 1 N–H and O–H groups in total. The van der Waals surface area contributed by atoms with Gasteiger partial charge in [-0.2, -0.15) is 0 Å². The molecule has 1 aromatic heterocycles. The van der Waals surface area contributed by atoms with Gasteiger partial charge in [-0.05, 0) is 53.3 Å². The van der Waals surface area contributed by atoms with Crippen molar-refractivity contribution in [2.24, 2.45) is 0 Å². The Morgan fingerprint density at radius 1 is 0.824 bits per heavy atom. The standard InChI is InChI=1S/C26H25NO2.C2H6O.CH4O/c1-4-19-9-7-10-20(14-19)25-16-26(29-27-25)21-12-13-24(22(15-21)17-28-3)23-11-6-5-8-18(23)2;1-3-2;1-2/h5-16H,4,17H2,1-3H3;1-2H3;2H,1H3. The Kier molecular flexibility index (Phi) is 11.2. The van der Waals surface area contributed by atoms with Crippen molar-refractivity contribution in [2.45, 2.75) is 26.9 Å². The van der Waals surface area contributed by atoms with Gasteiger partial charge in [0.15, 0.2) is 5.76 Å². The van der Waals surface area contributed by atoms with Crippen LogP contribution >= 0.6 is 0 Å². The van der Waals surface area contributed by atoms with Crippen LogP contribution in [0.5, 0.6) is 0 Å². The fourth-order valence-electron chi connectivity index (χ4n) is 3.66. The van der Waals surface area contributed by atoms with Crippen molar-refractivity contribution < 1.29 is 19.1 Å². The molecule has 1 heterocycles. The molecule has 0 atom stereocenters. The summed E-state index contributed by atoms with van der Waals surface area (Å²) in [6.45, 7) is 4.82. The van der Waals surface area contributed by atoms with Gasteiger partial charge >= 0.3 is 0 Å². The van der Waals surface area contributed by atoms with Gasteiger partial charge in [-0.3, -0.25) is 0 Å². The summed E-state index contributed by atoms with van der Waals surface area (Å²) < 4.78 is 15.4. The first-order chi connectivity index (χ1) is 16.6. The van der Waals surface area contributed by atoms with Crippen molar-refractivity contribution in [2.75, 3.05) is 28.4 Å². The lowest BCUT2D eigenvalue weighted by molar-refractivity contribution is 0.185. The Hall–Kier alpha value is -3.25. The van der Waals surface area contributed by atoms with Gasteiger partial charge in [0.1, 0.15) is 5.69 Å². The highest BCUT2D eigenvalue weighted by Gasteiger charge is 2.13. The molecule has 5 heteroatoms. The second-order valence-corrected chi connectivity index (χ2v) is 7.66. The van der Waals surface area contributed by atoms with E-state index in [1.807, 2.05) is 6.07 Å². The number of benzene rings is 3. The van der Waals surface area contributed by atoms with E-state index >= 15 is 0 Å². The van der Waals surface area contributed by atoms with Crippen LogP contribution in [0.4, 0.5) is 0 Å². The zero-order valence-electron chi connectivity index (χ0n) is 21.0. The molecule has 3 aromatic carbocycles. The summed E-state index contributed by atoms with van der Waals surface area (Å²) in [6.07, 6.45) is 0.999. The molecule has 0 saturated heterocycles. The van der Waals surface area contributed by atoms with Crippen LogP contribution in [-0.4, -0.2) is 38.7 Å². The fourth-order valence-corrected chi connectivity index (χ4v) is 3.66. The van der Waals surface area contributed by atoms with E-state index in [2.05, 4.69) is 90.5 Å². The lowest BCUT2D eigenvalue weighted by atomic mass is 9.94. The minimum Gasteiger partial charge on any atom is -0.400 e. The summed E-state index contributed by atoms with van der Waals surface area (Å²) in [6, 6.07) is 25.2. The predicted molar refractivity (Wildman–Crippen MR) is 139 cm³/mol. The first-order valence-electron chi connectivity index (χ1n) is 11.2. The smallest absolute Gasteiger partial charge is 0.167 e. The van der Waals surface area contributed by atoms with Gasteiger partial charge in [-0.25, -0.2) is 0 Å². The summed E-state index contributed by atoms with van der Waals surface area (Å²) in [5.74, 6) is 0.760. The Morgan fingerprint density at radius 3 is 2.24 bits per heavy atom. The van der Waals surface area contributed by atoms with Crippen LogP contribution in [0.3, 0.4) is 0 Å². The first-order valence-corrected chi connectivity index (χ1v) is 11.2. The van der Waals surface area contributed by atoms with Crippen LogP contribution in [0.25, 0.3) is 33.7 Å². The maximum absolute atomic E-state index is 7.00. The van der Waals surface area contributed by atoms with Gasteiger partial charge in [0.2, 0.25) is 0 Å². The SMILES string of the molecule is CCc1cccc(-c2cc(-c3ccc(-c4ccccc4C)c(COC)c3)on2)c1.CO.COC. The summed E-state index contributed by atoms with van der Waals surface area (Å²) in [4.78, 5) is 0. The Labute approximate surface area is 203 Å². The third-order valence-electron chi connectivity index (χ3n) is 5.27. The van der Waals surface area contributed by atoms with Crippen LogP contribution in [0.1, 0.15) is 23.6 Å². The van der Waals surface area contributed by atoms with Crippen molar-refractivity contribution in [3.63, 3.8) is 0 Å². The lowest BCUT2D eigenvalue weighted by Crippen LogP contribution is -1.94. The number of ether oxygens (including phenoxy) is 2. The van der Waals surface area contributed by atoms with Crippen molar-refractivity contribution in [3.8, 4) is 33.7 Å². The maximum Gasteiger partial charge on any atom is 0.167 e. The summed E-state index contributed by atoms with van der Waals surface area (Å²) >= 11 is 0. The Morgan fingerprint density at radius 2 is 1.56 bits per heavy atom. The monoisotopic (exact) mass is 461 g/mol. The zero-order chi connectivity index (χ0) is 24.9. The molecule has 0 bridgehead atoms. The zero-order valence-corrected chi connectivity index (χ0v) is 21.0. The number of methoxy groups -OCH3 is 2. The minimum atomic E-state index is 0.539. The highest BCUT2D eigenvalue weighted by molar-refractivity contribution is 5.75. The van der Waals surface area contributed by atoms with E-state index in [9.17, 15) is 0 Å². The molecule has 180 valence electrons. The molecule has 4 aromatic rings. The minimum absolute atomic E-state index is 0.539. The average Bonchev–Trinajstić information content (AvgIpc) is 3.37. The van der Waals surface area contributed by atoms with Crippen LogP contribution in [0.15, 0.2) is 77.3 Å². The van der Waals surface area contributed by atoms with Gasteiger partial charge < -0.3 is 19.1 Å². The summed E-state index contributed by atoms with van der Waals surface area (Å²) in [7, 11) is 5.97. The number of aryl methyl sites for hydroxylation is 2. The highest BCUT2D eigenvalue weighted by atomic mass is 16.5. The fraction of sp³-hybridized carbons (Fsp3) is 0.276. The van der Waals surface area contributed by atoms with Crippen molar-refractivity contribution in [1.29, 1.82) is 0 Å². The lowest BCUT2D eigenvalue weighted by Gasteiger charge is -2.13. The van der Waals surface area contributed by atoms with Gasteiger partial charge in [0, 0.05) is 45.6 Å². The molecule has 5 nitrogen and oxygen atoms in total. The first kappa shape index (κ1) is 27.0. The number of hydrogen-bond acceptors (Lipinski definition) is 5. The molecule has 0 aliphatic heterocycles. The molecular formula is C29H35NO4. The molecule has 4 rings (SSSR count). The third-order valence-corrected chi connectivity index (χ3v) is 5.27. The van der Waals surface area contributed by atoms with E-state index in [1.165, 1.54) is 22.3 Å². The van der Waals surface area contributed by atoms with Crippen molar-refractivity contribution in [1.82, 2.24) is 5.16 Å². The quantitative estimate of drug-likeness (QED) is 0.352. The second-order valence-electron chi connectivity index (χ2n) is 7.66.